The Hall–Kier alpha value is -4.38. The summed E-state index contributed by atoms with van der Waals surface area (Å²) < 4.78 is 5.68. The third kappa shape index (κ3) is 3.83. The number of furan rings is 1. The molecule has 1 aliphatic heterocycles. The van der Waals surface area contributed by atoms with Crippen LogP contribution in [0.15, 0.2) is 113 Å². The number of carbonyl (C=O) groups excluding carboxylic acids is 2. The second-order valence-corrected chi connectivity index (χ2v) is 9.43. The second kappa shape index (κ2) is 9.00. The fraction of sp³-hybridized carbons (Fsp3) is 0.161. The molecule has 178 valence electrons. The molecule has 1 amide bonds. The highest BCUT2D eigenvalue weighted by Gasteiger charge is 2.42. The minimum atomic E-state index is -0.561. The summed E-state index contributed by atoms with van der Waals surface area (Å²) in [6.45, 7) is 2.03. The molecule has 6 rings (SSSR count). The van der Waals surface area contributed by atoms with E-state index in [1.54, 1.807) is 11.2 Å². The van der Waals surface area contributed by atoms with Crippen LogP contribution in [0.25, 0.3) is 0 Å². The van der Waals surface area contributed by atoms with Crippen LogP contribution in [0.5, 0.6) is 0 Å². The molecule has 2 atom stereocenters. The van der Waals surface area contributed by atoms with Gasteiger partial charge in [-0.1, -0.05) is 60.2 Å². The largest absolute Gasteiger partial charge is 0.469 e. The van der Waals surface area contributed by atoms with Crippen molar-refractivity contribution in [3.8, 4) is 0 Å². The molecule has 0 spiro atoms. The lowest BCUT2D eigenvalue weighted by atomic mass is 9.80. The first kappa shape index (κ1) is 22.1. The van der Waals surface area contributed by atoms with Gasteiger partial charge >= 0.3 is 0 Å². The number of aryl methyl sites for hydroxylation is 1. The molecule has 5 heteroatoms. The smallest absolute Gasteiger partial charge is 0.259 e. The number of rotatable bonds is 3. The number of carbonyl (C=O) groups is 2. The molecule has 0 fully saturated rings. The van der Waals surface area contributed by atoms with E-state index in [4.69, 9.17) is 4.42 Å². The number of nitrogens with zero attached hydrogens (tertiary/aromatic N) is 1. The monoisotopic (exact) mass is 474 g/mol. The van der Waals surface area contributed by atoms with Gasteiger partial charge in [0.05, 0.1) is 23.7 Å². The van der Waals surface area contributed by atoms with E-state index in [-0.39, 0.29) is 17.6 Å². The number of fused-ring (bicyclic) bond motifs is 1. The summed E-state index contributed by atoms with van der Waals surface area (Å²) in [4.78, 5) is 29.9. The first-order valence-corrected chi connectivity index (χ1v) is 12.2. The topological polar surface area (TPSA) is 62.6 Å². The molecule has 0 saturated heterocycles. The Morgan fingerprint density at radius 2 is 1.64 bits per heavy atom. The predicted molar refractivity (Wildman–Crippen MR) is 140 cm³/mol. The van der Waals surface area contributed by atoms with Gasteiger partial charge in [-0.3, -0.25) is 14.5 Å². The van der Waals surface area contributed by atoms with Gasteiger partial charge < -0.3 is 9.73 Å². The van der Waals surface area contributed by atoms with Gasteiger partial charge in [0, 0.05) is 29.2 Å². The first-order chi connectivity index (χ1) is 17.6. The van der Waals surface area contributed by atoms with E-state index in [1.807, 2.05) is 97.9 Å². The van der Waals surface area contributed by atoms with Crippen LogP contribution in [0.3, 0.4) is 0 Å². The molecule has 2 heterocycles. The molecule has 3 aromatic carbocycles. The molecule has 0 radical (unpaired) electrons. The highest BCUT2D eigenvalue weighted by atomic mass is 16.3. The summed E-state index contributed by atoms with van der Waals surface area (Å²) in [5, 5.41) is 3.55. The van der Waals surface area contributed by atoms with E-state index in [1.165, 1.54) is 0 Å². The highest BCUT2D eigenvalue weighted by Crippen LogP contribution is 2.47. The molecular formula is C31H26N2O3. The summed E-state index contributed by atoms with van der Waals surface area (Å²) in [6, 6.07) is 28.4. The minimum absolute atomic E-state index is 0.0226. The molecule has 5 nitrogen and oxygen atoms in total. The number of amides is 1. The highest BCUT2D eigenvalue weighted by molar-refractivity contribution is 6.12. The maximum Gasteiger partial charge on any atom is 0.259 e. The van der Waals surface area contributed by atoms with Crippen molar-refractivity contribution in [3.63, 3.8) is 0 Å². The Morgan fingerprint density at radius 1 is 0.889 bits per heavy atom. The fourth-order valence-corrected chi connectivity index (χ4v) is 5.32. The van der Waals surface area contributed by atoms with Gasteiger partial charge in [0.25, 0.3) is 5.91 Å². The van der Waals surface area contributed by atoms with E-state index >= 15 is 0 Å². The van der Waals surface area contributed by atoms with Crippen molar-refractivity contribution in [2.24, 2.45) is 0 Å². The van der Waals surface area contributed by atoms with Crippen molar-refractivity contribution < 1.29 is 14.0 Å². The minimum Gasteiger partial charge on any atom is -0.469 e. The number of benzene rings is 3. The van der Waals surface area contributed by atoms with Crippen molar-refractivity contribution >= 4 is 23.1 Å². The van der Waals surface area contributed by atoms with Gasteiger partial charge in [-0.05, 0) is 55.3 Å². The van der Waals surface area contributed by atoms with Crippen LogP contribution in [0.1, 0.15) is 52.0 Å². The van der Waals surface area contributed by atoms with Gasteiger partial charge in [0.2, 0.25) is 0 Å². The van der Waals surface area contributed by atoms with Crippen LogP contribution in [0.4, 0.5) is 11.4 Å². The van der Waals surface area contributed by atoms with Gasteiger partial charge in [-0.15, -0.1) is 0 Å². The van der Waals surface area contributed by atoms with Crippen LogP contribution in [0.2, 0.25) is 0 Å². The number of allylic oxidation sites excluding steroid dienone is 1. The molecule has 36 heavy (non-hydrogen) atoms. The molecule has 2 aliphatic rings. The number of ketones is 1. The maximum atomic E-state index is 14.1. The lowest BCUT2D eigenvalue weighted by Crippen LogP contribution is -2.38. The van der Waals surface area contributed by atoms with Gasteiger partial charge in [0.15, 0.2) is 5.78 Å². The summed E-state index contributed by atoms with van der Waals surface area (Å²) in [7, 11) is 0. The second-order valence-electron chi connectivity index (χ2n) is 9.43. The third-order valence-electron chi connectivity index (χ3n) is 7.07. The van der Waals surface area contributed by atoms with Crippen molar-refractivity contribution in [2.75, 3.05) is 10.2 Å². The molecule has 1 aliphatic carbocycles. The van der Waals surface area contributed by atoms with Gasteiger partial charge in [-0.2, -0.15) is 0 Å². The van der Waals surface area contributed by atoms with Crippen molar-refractivity contribution in [2.45, 2.75) is 31.7 Å². The molecule has 0 bridgehead atoms. The van der Waals surface area contributed by atoms with Crippen LogP contribution < -0.4 is 10.2 Å². The number of hydrogen-bond donors (Lipinski definition) is 1. The van der Waals surface area contributed by atoms with Gasteiger partial charge in [-0.25, -0.2) is 0 Å². The maximum absolute atomic E-state index is 14.1. The van der Waals surface area contributed by atoms with E-state index in [9.17, 15) is 9.59 Å². The SMILES string of the molecule is Cc1ccc([C@H]2C3=C(C[C@H](c4ccco4)CC3=O)Nc3ccccc3N2C(=O)c2ccccc2)cc1. The molecule has 4 aromatic rings. The van der Waals surface area contributed by atoms with Crippen molar-refractivity contribution in [3.05, 3.63) is 131 Å². The zero-order valence-corrected chi connectivity index (χ0v) is 20.0. The average Bonchev–Trinajstić information content (AvgIpc) is 3.40. The third-order valence-corrected chi connectivity index (χ3v) is 7.07. The van der Waals surface area contributed by atoms with E-state index in [0.717, 1.165) is 34.0 Å². The number of para-hydroxylation sites is 2. The van der Waals surface area contributed by atoms with Crippen molar-refractivity contribution in [1.29, 1.82) is 0 Å². The van der Waals surface area contributed by atoms with Crippen LogP contribution >= 0.6 is 0 Å². The molecular weight excluding hydrogens is 448 g/mol. The predicted octanol–water partition coefficient (Wildman–Crippen LogP) is 6.80. The quantitative estimate of drug-likeness (QED) is 0.355. The number of anilines is 2. The number of hydrogen-bond acceptors (Lipinski definition) is 4. The Kier molecular flexibility index (Phi) is 5.53. The fourth-order valence-electron chi connectivity index (χ4n) is 5.32. The van der Waals surface area contributed by atoms with Crippen LogP contribution in [0, 0.1) is 6.92 Å². The molecule has 1 aromatic heterocycles. The first-order valence-electron chi connectivity index (χ1n) is 12.2. The van der Waals surface area contributed by atoms with Crippen LogP contribution in [-0.4, -0.2) is 11.7 Å². The molecule has 1 N–H and O–H groups in total. The summed E-state index contributed by atoms with van der Waals surface area (Å²) in [5.74, 6) is 0.624. The zero-order chi connectivity index (χ0) is 24.6. The normalized spacial score (nSPS) is 19.2. The Labute approximate surface area is 210 Å². The molecule has 0 saturated carbocycles. The standard InChI is InChI=1S/C31H26N2O3/c1-20-13-15-21(16-14-20)30-29-25(18-23(19-27(29)34)28-12-7-17-36-28)32-24-10-5-6-11-26(24)33(30)31(35)22-8-3-2-4-9-22/h2-17,23,30,32H,18-19H2,1H3/t23-,30-/m0/s1. The lowest BCUT2D eigenvalue weighted by Gasteiger charge is -2.35. The van der Waals surface area contributed by atoms with Gasteiger partial charge in [0.1, 0.15) is 5.76 Å². The number of nitrogens with one attached hydrogen (secondary N) is 1. The summed E-state index contributed by atoms with van der Waals surface area (Å²) in [5.41, 5.74) is 5.63. The Morgan fingerprint density at radius 3 is 2.39 bits per heavy atom. The van der Waals surface area contributed by atoms with E-state index < -0.39 is 6.04 Å². The molecule has 0 unspecified atom stereocenters. The Bertz CT molecular complexity index is 1450. The van der Waals surface area contributed by atoms with E-state index in [2.05, 4.69) is 5.32 Å². The Balaban J connectivity index is 1.58. The van der Waals surface area contributed by atoms with Crippen molar-refractivity contribution in [1.82, 2.24) is 0 Å². The average molecular weight is 475 g/mol. The van der Waals surface area contributed by atoms with E-state index in [0.29, 0.717) is 24.0 Å². The lowest BCUT2D eigenvalue weighted by molar-refractivity contribution is -0.116. The summed E-state index contributed by atoms with van der Waals surface area (Å²) in [6.07, 6.45) is 2.60. The van der Waals surface area contributed by atoms with Crippen LogP contribution in [-0.2, 0) is 4.79 Å². The summed E-state index contributed by atoms with van der Waals surface area (Å²) >= 11 is 0. The number of Topliss-reactive ketones (excluding diaryl/α,β-unsaturated/α-hetero) is 1. The zero-order valence-electron chi connectivity index (χ0n) is 20.0.